The Morgan fingerprint density at radius 3 is 2.79 bits per heavy atom. The predicted octanol–water partition coefficient (Wildman–Crippen LogP) is -0.454. The standard InChI is InChI=1S/C22H23N11O7S3/c1-22(2,3)40-12(34)6-39-28-13(16-25-21(23)43-29-16)17(35)24-14-18(36)32-15(20(37)38)9(8-42-19(14)32)7-41-11-5-4-10-26-30-31-33(10)27-11/h4-5,14,19H,6-8H2,1-3H3,(H,24,35)(H,37,38)(H2,23,25,29)/b28-13-/t14?,19-/m1/s1. The van der Waals surface area contributed by atoms with Crippen LogP contribution in [-0.4, -0.2) is 109 Å². The third kappa shape index (κ3) is 6.67. The topological polar surface area (TPSA) is 242 Å². The van der Waals surface area contributed by atoms with Crippen LogP contribution in [0.15, 0.2) is 33.6 Å². The van der Waals surface area contributed by atoms with Crippen LogP contribution in [0.3, 0.4) is 0 Å². The number of nitrogens with two attached hydrogens (primary N) is 1. The van der Waals surface area contributed by atoms with E-state index in [1.165, 1.54) is 28.2 Å². The summed E-state index contributed by atoms with van der Waals surface area (Å²) in [5, 5.41) is 31.5. The Morgan fingerprint density at radius 2 is 2.09 bits per heavy atom. The maximum Gasteiger partial charge on any atom is 0.352 e. The van der Waals surface area contributed by atoms with Crippen molar-refractivity contribution in [1.82, 2.24) is 44.8 Å². The molecule has 0 spiro atoms. The van der Waals surface area contributed by atoms with Gasteiger partial charge in [0.2, 0.25) is 18.1 Å². The summed E-state index contributed by atoms with van der Waals surface area (Å²) in [5.41, 5.74) is 5.28. The number of carbonyl (C=O) groups is 4. The van der Waals surface area contributed by atoms with Gasteiger partial charge in [-0.3, -0.25) is 14.5 Å². The molecule has 0 aliphatic carbocycles. The molecule has 2 amide bonds. The van der Waals surface area contributed by atoms with Crippen molar-refractivity contribution in [2.75, 3.05) is 23.8 Å². The zero-order chi connectivity index (χ0) is 30.9. The first-order chi connectivity index (χ1) is 20.4. The third-order valence-electron chi connectivity index (χ3n) is 5.60. The molecule has 1 saturated heterocycles. The number of aliphatic carboxylic acids is 1. The number of nitrogen functional groups attached to an aromatic ring is 1. The van der Waals surface area contributed by atoms with E-state index in [2.05, 4.69) is 40.5 Å². The quantitative estimate of drug-likeness (QED) is 0.0827. The second kappa shape index (κ2) is 12.1. The number of nitrogens with one attached hydrogen (secondary N) is 1. The Bertz CT molecular complexity index is 1670. The van der Waals surface area contributed by atoms with E-state index in [0.717, 1.165) is 16.4 Å². The first-order valence-electron chi connectivity index (χ1n) is 12.3. The van der Waals surface area contributed by atoms with Crippen LogP contribution in [0.1, 0.15) is 26.6 Å². The van der Waals surface area contributed by atoms with E-state index in [9.17, 15) is 24.3 Å². The number of carbonyl (C=O) groups excluding carboxylic acids is 3. The molecule has 0 aromatic carbocycles. The number of rotatable bonds is 10. The van der Waals surface area contributed by atoms with Crippen molar-refractivity contribution >= 4 is 75.3 Å². The highest BCUT2D eigenvalue weighted by atomic mass is 32.2. The highest BCUT2D eigenvalue weighted by Crippen LogP contribution is 2.41. The fourth-order valence-corrected chi connectivity index (χ4v) is 6.68. The van der Waals surface area contributed by atoms with Crippen molar-refractivity contribution in [3.05, 3.63) is 29.2 Å². The number of amides is 2. The van der Waals surface area contributed by atoms with Crippen LogP contribution in [0.2, 0.25) is 0 Å². The van der Waals surface area contributed by atoms with Crippen molar-refractivity contribution in [1.29, 1.82) is 0 Å². The summed E-state index contributed by atoms with van der Waals surface area (Å²) in [4.78, 5) is 60.7. The number of hydrogen-bond donors (Lipinski definition) is 3. The van der Waals surface area contributed by atoms with Crippen LogP contribution < -0.4 is 11.1 Å². The van der Waals surface area contributed by atoms with E-state index < -0.39 is 53.1 Å². The van der Waals surface area contributed by atoms with Crippen LogP contribution >= 0.6 is 35.1 Å². The second-order valence-corrected chi connectivity index (χ2v) is 12.7. The van der Waals surface area contributed by atoms with Crippen molar-refractivity contribution < 1.29 is 33.9 Å². The maximum atomic E-state index is 13.2. The molecule has 2 aliphatic heterocycles. The molecule has 5 heterocycles. The molecule has 21 heteroatoms. The summed E-state index contributed by atoms with van der Waals surface area (Å²) in [6.07, 6.45) is 0. The molecule has 3 aromatic rings. The zero-order valence-electron chi connectivity index (χ0n) is 22.7. The number of ether oxygens (including phenoxy) is 1. The Hall–Kier alpha value is -4.37. The lowest BCUT2D eigenvalue weighted by atomic mass is 10.0. The van der Waals surface area contributed by atoms with Gasteiger partial charge in [0.25, 0.3) is 11.8 Å². The van der Waals surface area contributed by atoms with E-state index in [1.807, 2.05) is 0 Å². The van der Waals surface area contributed by atoms with E-state index in [0.29, 0.717) is 16.2 Å². The van der Waals surface area contributed by atoms with Gasteiger partial charge < -0.3 is 25.7 Å². The van der Waals surface area contributed by atoms with E-state index in [-0.39, 0.29) is 28.2 Å². The highest BCUT2D eigenvalue weighted by Gasteiger charge is 2.54. The number of oxime groups is 1. The molecule has 4 N–H and O–H groups in total. The molecule has 3 aromatic heterocycles. The Labute approximate surface area is 254 Å². The lowest BCUT2D eigenvalue weighted by molar-refractivity contribution is -0.160. The Balaban J connectivity index is 1.27. The molecule has 5 rings (SSSR count). The summed E-state index contributed by atoms with van der Waals surface area (Å²) in [7, 11) is 0. The lowest BCUT2D eigenvalue weighted by Crippen LogP contribution is -2.71. The predicted molar refractivity (Wildman–Crippen MR) is 152 cm³/mol. The van der Waals surface area contributed by atoms with Crippen molar-refractivity contribution in [2.45, 2.75) is 42.8 Å². The van der Waals surface area contributed by atoms with Crippen LogP contribution in [0.5, 0.6) is 0 Å². The number of fused-ring (bicyclic) bond motifs is 2. The monoisotopic (exact) mass is 649 g/mol. The number of β-lactam (4-membered cyclic amide) rings is 1. The number of aromatic nitrogens is 7. The molecule has 43 heavy (non-hydrogen) atoms. The summed E-state index contributed by atoms with van der Waals surface area (Å²) in [6.45, 7) is 4.44. The van der Waals surface area contributed by atoms with Crippen LogP contribution in [0.4, 0.5) is 5.13 Å². The van der Waals surface area contributed by atoms with E-state index >= 15 is 0 Å². The number of esters is 1. The van der Waals surface area contributed by atoms with E-state index in [1.54, 1.807) is 32.9 Å². The summed E-state index contributed by atoms with van der Waals surface area (Å²) >= 11 is 3.36. The normalized spacial score (nSPS) is 18.7. The Morgan fingerprint density at radius 1 is 1.30 bits per heavy atom. The maximum absolute atomic E-state index is 13.2. The first kappa shape index (κ1) is 30.1. The molecule has 0 saturated carbocycles. The SMILES string of the molecule is CC(C)(C)OC(=O)CO/N=C(\C(=O)NC1C(=O)N2C(C(=O)O)=C(CSc3ccc4nnnn4n3)CS[C@H]12)c1nsc(N)n1. The number of tetrazole rings is 1. The minimum Gasteiger partial charge on any atom is -0.477 e. The van der Waals surface area contributed by atoms with Crippen molar-refractivity contribution in [3.8, 4) is 0 Å². The van der Waals surface area contributed by atoms with Gasteiger partial charge >= 0.3 is 11.9 Å². The van der Waals surface area contributed by atoms with Gasteiger partial charge in [-0.25, -0.2) is 9.59 Å². The van der Waals surface area contributed by atoms with Crippen LogP contribution in [0.25, 0.3) is 5.65 Å². The Kier molecular flexibility index (Phi) is 8.46. The summed E-state index contributed by atoms with van der Waals surface area (Å²) < 4.78 is 10.4. The average Bonchev–Trinajstić information content (AvgIpc) is 3.59. The zero-order valence-corrected chi connectivity index (χ0v) is 25.1. The fourth-order valence-electron chi connectivity index (χ4n) is 3.91. The highest BCUT2D eigenvalue weighted by molar-refractivity contribution is 8.01. The van der Waals surface area contributed by atoms with Gasteiger partial charge in [-0.05, 0) is 48.9 Å². The minimum atomic E-state index is -1.28. The van der Waals surface area contributed by atoms with Gasteiger partial charge in [-0.15, -0.1) is 38.4 Å². The molecule has 1 fully saturated rings. The smallest absolute Gasteiger partial charge is 0.352 e. The number of carboxylic acid groups (broad SMARTS) is 1. The van der Waals surface area contributed by atoms with Crippen molar-refractivity contribution in [3.63, 3.8) is 0 Å². The largest absolute Gasteiger partial charge is 0.477 e. The molecular weight excluding hydrogens is 627 g/mol. The average molecular weight is 650 g/mol. The number of thioether (sulfide) groups is 2. The van der Waals surface area contributed by atoms with Gasteiger partial charge in [0, 0.05) is 23.0 Å². The molecule has 0 bridgehead atoms. The summed E-state index contributed by atoms with van der Waals surface area (Å²) in [5.74, 6) is -3.16. The molecular formula is C22H23N11O7S3. The third-order valence-corrected chi connectivity index (χ3v) is 8.49. The van der Waals surface area contributed by atoms with Gasteiger partial charge in [0.1, 0.15) is 27.7 Å². The van der Waals surface area contributed by atoms with Gasteiger partial charge in [0.05, 0.1) is 0 Å². The number of carboxylic acids is 1. The number of hydrogen-bond acceptors (Lipinski definition) is 17. The number of nitrogens with zero attached hydrogens (tertiary/aromatic N) is 9. The van der Waals surface area contributed by atoms with Crippen molar-refractivity contribution in [2.24, 2.45) is 5.16 Å². The number of anilines is 1. The van der Waals surface area contributed by atoms with Gasteiger partial charge in [0.15, 0.2) is 10.8 Å². The van der Waals surface area contributed by atoms with Crippen LogP contribution in [0, 0.1) is 0 Å². The van der Waals surface area contributed by atoms with Gasteiger partial charge in [-0.1, -0.05) is 5.16 Å². The molecule has 0 radical (unpaired) electrons. The molecule has 18 nitrogen and oxygen atoms in total. The first-order valence-corrected chi connectivity index (χ1v) is 15.1. The van der Waals surface area contributed by atoms with E-state index in [4.69, 9.17) is 15.3 Å². The molecule has 2 atom stereocenters. The molecule has 2 aliphatic rings. The van der Waals surface area contributed by atoms with Gasteiger partial charge in [-0.2, -0.15) is 9.36 Å². The molecule has 226 valence electrons. The fraction of sp³-hybridized carbons (Fsp3) is 0.409. The molecule has 1 unspecified atom stereocenters. The summed E-state index contributed by atoms with van der Waals surface area (Å²) in [6, 6.07) is 2.31. The van der Waals surface area contributed by atoms with Crippen LogP contribution in [-0.2, 0) is 28.8 Å². The second-order valence-electron chi connectivity index (χ2n) is 9.86. The lowest BCUT2D eigenvalue weighted by Gasteiger charge is -2.49. The minimum absolute atomic E-state index is 0.0473.